The predicted octanol–water partition coefficient (Wildman–Crippen LogP) is 6.80. The molecule has 1 atom stereocenters. The first kappa shape index (κ1) is 20.8. The quantitative estimate of drug-likeness (QED) is 0.218. The van der Waals surface area contributed by atoms with Gasteiger partial charge in [-0.05, 0) is 6.42 Å². The molecule has 0 aliphatic heterocycles. The maximum Gasteiger partial charge on any atom is 0.208 e. The minimum Gasteiger partial charge on any atom is -0.287 e. The van der Waals surface area contributed by atoms with Crippen LogP contribution >= 0.6 is 8.46 Å². The molecular formula is C18H36O2P. The Morgan fingerprint density at radius 2 is 0.952 bits per heavy atom. The van der Waals surface area contributed by atoms with Gasteiger partial charge in [0.05, 0.1) is 0 Å². The fourth-order valence-corrected chi connectivity index (χ4v) is 2.99. The monoisotopic (exact) mass is 315 g/mol. The Labute approximate surface area is 133 Å². The normalized spacial score (nSPS) is 11.1. The average Bonchev–Trinajstić information content (AvgIpc) is 2.50. The molecule has 0 aromatic carbocycles. The maximum atomic E-state index is 10.8. The molecule has 0 rings (SSSR count). The van der Waals surface area contributed by atoms with Crippen molar-refractivity contribution in [2.75, 3.05) is 0 Å². The van der Waals surface area contributed by atoms with Crippen LogP contribution in [-0.2, 0) is 9.36 Å². The van der Waals surface area contributed by atoms with Gasteiger partial charge in [0.1, 0.15) is 8.46 Å². The fourth-order valence-electron chi connectivity index (χ4n) is 2.71. The van der Waals surface area contributed by atoms with Gasteiger partial charge in [0.25, 0.3) is 0 Å². The van der Waals surface area contributed by atoms with Crippen LogP contribution in [0.15, 0.2) is 0 Å². The zero-order valence-corrected chi connectivity index (χ0v) is 15.1. The van der Waals surface area contributed by atoms with Crippen molar-refractivity contribution in [2.24, 2.45) is 0 Å². The van der Waals surface area contributed by atoms with Gasteiger partial charge >= 0.3 is 0 Å². The number of rotatable bonds is 17. The number of carbonyl (C=O) groups is 1. The molecular weight excluding hydrogens is 279 g/mol. The molecule has 0 aromatic rings. The molecule has 1 radical (unpaired) electrons. The van der Waals surface area contributed by atoms with Gasteiger partial charge in [0.15, 0.2) is 0 Å². The van der Waals surface area contributed by atoms with Gasteiger partial charge in [-0.3, -0.25) is 9.36 Å². The summed E-state index contributed by atoms with van der Waals surface area (Å²) in [7, 11) is -0.746. The van der Waals surface area contributed by atoms with Crippen molar-refractivity contribution < 1.29 is 9.36 Å². The van der Waals surface area contributed by atoms with E-state index in [1.54, 1.807) is 0 Å². The van der Waals surface area contributed by atoms with E-state index in [1.165, 1.54) is 83.5 Å². The highest BCUT2D eigenvalue weighted by Gasteiger charge is 1.98. The summed E-state index contributed by atoms with van der Waals surface area (Å²) in [5, 5.41) is 0. The first-order valence-electron chi connectivity index (χ1n) is 9.22. The van der Waals surface area contributed by atoms with Crippen molar-refractivity contribution in [3.05, 3.63) is 0 Å². The van der Waals surface area contributed by atoms with Crippen LogP contribution < -0.4 is 0 Å². The van der Waals surface area contributed by atoms with E-state index >= 15 is 0 Å². The topological polar surface area (TPSA) is 34.1 Å². The molecule has 0 heterocycles. The third-order valence-electron chi connectivity index (χ3n) is 4.12. The van der Waals surface area contributed by atoms with Gasteiger partial charge in [-0.1, -0.05) is 96.8 Å². The summed E-state index contributed by atoms with van der Waals surface area (Å²) in [6, 6.07) is 0. The highest BCUT2D eigenvalue weighted by molar-refractivity contribution is 7.46. The van der Waals surface area contributed by atoms with E-state index in [9.17, 15) is 9.36 Å². The molecule has 0 N–H and O–H groups in total. The predicted molar refractivity (Wildman–Crippen MR) is 93.6 cm³/mol. The van der Waals surface area contributed by atoms with Crippen molar-refractivity contribution >= 4 is 14.0 Å². The lowest BCUT2D eigenvalue weighted by atomic mass is 10.0. The molecule has 125 valence electrons. The van der Waals surface area contributed by atoms with Crippen LogP contribution in [0.3, 0.4) is 0 Å². The highest BCUT2D eigenvalue weighted by Crippen LogP contribution is 2.14. The smallest absolute Gasteiger partial charge is 0.208 e. The van der Waals surface area contributed by atoms with E-state index in [0.717, 1.165) is 12.8 Å². The Balaban J connectivity index is 2.99. The number of unbranched alkanes of at least 4 members (excludes halogenated alkanes) is 14. The van der Waals surface area contributed by atoms with Gasteiger partial charge in [-0.25, -0.2) is 0 Å². The van der Waals surface area contributed by atoms with Crippen LogP contribution in [0, 0.1) is 0 Å². The van der Waals surface area contributed by atoms with Crippen molar-refractivity contribution in [2.45, 2.75) is 110 Å². The molecule has 1 unspecified atom stereocenters. The Morgan fingerprint density at radius 1 is 0.619 bits per heavy atom. The average molecular weight is 315 g/mol. The second kappa shape index (κ2) is 17.8. The zero-order valence-electron chi connectivity index (χ0n) is 14.1. The highest BCUT2D eigenvalue weighted by atomic mass is 31.1. The third kappa shape index (κ3) is 17.7. The summed E-state index contributed by atoms with van der Waals surface area (Å²) >= 11 is 0. The Kier molecular flexibility index (Phi) is 17.6. The summed E-state index contributed by atoms with van der Waals surface area (Å²) in [6.45, 7) is 2.27. The van der Waals surface area contributed by atoms with Crippen molar-refractivity contribution in [3.8, 4) is 0 Å². The van der Waals surface area contributed by atoms with Gasteiger partial charge in [-0.15, -0.1) is 0 Å². The summed E-state index contributed by atoms with van der Waals surface area (Å²) < 4.78 is 10.3. The molecule has 0 saturated carbocycles. The minimum atomic E-state index is -0.746. The van der Waals surface area contributed by atoms with Crippen molar-refractivity contribution in [3.63, 3.8) is 0 Å². The lowest BCUT2D eigenvalue weighted by Gasteiger charge is -2.03. The van der Waals surface area contributed by atoms with Gasteiger partial charge in [0, 0.05) is 6.42 Å². The zero-order chi connectivity index (χ0) is 15.6. The lowest BCUT2D eigenvalue weighted by Crippen LogP contribution is -1.87. The second-order valence-corrected chi connectivity index (χ2v) is 6.99. The summed E-state index contributed by atoms with van der Waals surface area (Å²) in [5.74, 6) is 0. The van der Waals surface area contributed by atoms with Crippen LogP contribution in [-0.4, -0.2) is 5.52 Å². The van der Waals surface area contributed by atoms with Crippen LogP contribution in [0.4, 0.5) is 0 Å². The van der Waals surface area contributed by atoms with Crippen LogP contribution in [0.1, 0.15) is 110 Å². The summed E-state index contributed by atoms with van der Waals surface area (Å²) in [6.07, 6.45) is 20.5. The van der Waals surface area contributed by atoms with E-state index in [2.05, 4.69) is 6.92 Å². The van der Waals surface area contributed by atoms with Gasteiger partial charge < -0.3 is 0 Å². The molecule has 0 bridgehead atoms. The van der Waals surface area contributed by atoms with Crippen LogP contribution in [0.2, 0.25) is 0 Å². The molecule has 0 aliphatic rings. The van der Waals surface area contributed by atoms with Gasteiger partial charge in [0.2, 0.25) is 5.52 Å². The first-order chi connectivity index (χ1) is 10.3. The van der Waals surface area contributed by atoms with E-state index in [4.69, 9.17) is 0 Å². The van der Waals surface area contributed by atoms with Gasteiger partial charge in [-0.2, -0.15) is 0 Å². The maximum absolute atomic E-state index is 10.8. The fraction of sp³-hybridized carbons (Fsp3) is 0.944. The lowest BCUT2D eigenvalue weighted by molar-refractivity contribution is -0.111. The van der Waals surface area contributed by atoms with Crippen LogP contribution in [0.25, 0.3) is 0 Å². The molecule has 0 fully saturated rings. The summed E-state index contributed by atoms with van der Waals surface area (Å²) in [5.41, 5.74) is -0.0929. The van der Waals surface area contributed by atoms with E-state index in [0.29, 0.717) is 6.42 Å². The molecule has 0 amide bonds. The van der Waals surface area contributed by atoms with E-state index in [-0.39, 0.29) is 5.52 Å². The van der Waals surface area contributed by atoms with E-state index in [1.807, 2.05) is 0 Å². The molecule has 2 nitrogen and oxygen atoms in total. The minimum absolute atomic E-state index is 0.0929. The Bertz CT molecular complexity index is 241. The molecule has 0 aromatic heterocycles. The summed E-state index contributed by atoms with van der Waals surface area (Å²) in [4.78, 5) is 10.8. The SMILES string of the molecule is CCCCCCCCCCCCCCCCCC(=O)[PH]=O. The standard InChI is InChI=1S/C18H36O2P/c1-2-3-4-5-6-7-8-9-10-11-12-13-14-15-16-17-18(19)21-20/h21H,2-17H2,1H3. The molecule has 0 spiro atoms. The van der Waals surface area contributed by atoms with E-state index < -0.39 is 8.46 Å². The third-order valence-corrected chi connectivity index (χ3v) is 4.60. The largest absolute Gasteiger partial charge is 0.287 e. The molecule has 0 aliphatic carbocycles. The number of carbonyl (C=O) groups excluding carboxylic acids is 1. The molecule has 3 heteroatoms. The second-order valence-electron chi connectivity index (χ2n) is 6.22. The van der Waals surface area contributed by atoms with Crippen molar-refractivity contribution in [1.82, 2.24) is 0 Å². The number of hydrogen-bond donors (Lipinski definition) is 0. The molecule has 21 heavy (non-hydrogen) atoms. The Morgan fingerprint density at radius 3 is 1.29 bits per heavy atom. The molecule has 0 saturated heterocycles. The first-order valence-corrected chi connectivity index (χ1v) is 10.1. The number of hydrogen-bond acceptors (Lipinski definition) is 2. The van der Waals surface area contributed by atoms with Crippen LogP contribution in [0.5, 0.6) is 0 Å². The Hall–Kier alpha value is -0.230. The van der Waals surface area contributed by atoms with Crippen molar-refractivity contribution in [1.29, 1.82) is 0 Å².